The summed E-state index contributed by atoms with van der Waals surface area (Å²) in [4.78, 5) is 4.52. The van der Waals surface area contributed by atoms with Crippen LogP contribution in [0.25, 0.3) is 0 Å². The monoisotopic (exact) mass is 427 g/mol. The highest BCUT2D eigenvalue weighted by Gasteiger charge is 2.04. The zero-order chi connectivity index (χ0) is 19.1. The number of halogens is 2. The maximum absolute atomic E-state index is 13.0. The molecule has 0 fully saturated rings. The van der Waals surface area contributed by atoms with E-state index in [4.69, 9.17) is 9.47 Å². The normalized spacial score (nSPS) is 10.9. The number of benzene rings is 3. The van der Waals surface area contributed by atoms with Crippen LogP contribution >= 0.6 is 15.9 Å². The largest absolute Gasteiger partial charge is 0.494 e. The van der Waals surface area contributed by atoms with Crippen LogP contribution in [0.4, 0.5) is 10.1 Å². The highest BCUT2D eigenvalue weighted by Crippen LogP contribution is 2.24. The van der Waals surface area contributed by atoms with Gasteiger partial charge < -0.3 is 9.47 Å². The molecule has 27 heavy (non-hydrogen) atoms. The van der Waals surface area contributed by atoms with Crippen molar-refractivity contribution >= 4 is 27.8 Å². The van der Waals surface area contributed by atoms with E-state index in [9.17, 15) is 4.39 Å². The van der Waals surface area contributed by atoms with Gasteiger partial charge in [0.1, 0.15) is 23.9 Å². The van der Waals surface area contributed by atoms with Crippen LogP contribution in [0.5, 0.6) is 11.5 Å². The van der Waals surface area contributed by atoms with Crippen molar-refractivity contribution in [3.8, 4) is 11.5 Å². The number of rotatable bonds is 7. The second-order valence-corrected chi connectivity index (χ2v) is 6.70. The Morgan fingerprint density at radius 3 is 2.41 bits per heavy atom. The molecule has 3 nitrogen and oxygen atoms in total. The van der Waals surface area contributed by atoms with Crippen LogP contribution in [0.2, 0.25) is 0 Å². The van der Waals surface area contributed by atoms with Gasteiger partial charge in [0.2, 0.25) is 0 Å². The zero-order valence-corrected chi connectivity index (χ0v) is 16.4. The van der Waals surface area contributed by atoms with Crippen molar-refractivity contribution < 1.29 is 13.9 Å². The van der Waals surface area contributed by atoms with Crippen LogP contribution in [-0.2, 0) is 6.61 Å². The maximum Gasteiger partial charge on any atom is 0.128 e. The number of aliphatic imine (C=N–C) groups is 1. The first-order valence-corrected chi connectivity index (χ1v) is 9.37. The minimum absolute atomic E-state index is 0.259. The molecule has 138 valence electrons. The summed E-state index contributed by atoms with van der Waals surface area (Å²) in [6, 6.07) is 19.6. The Hall–Kier alpha value is -2.66. The molecule has 3 aromatic carbocycles. The van der Waals surface area contributed by atoms with E-state index >= 15 is 0 Å². The predicted octanol–water partition coefficient (Wildman–Crippen LogP) is 6.32. The van der Waals surface area contributed by atoms with Gasteiger partial charge >= 0.3 is 0 Å². The van der Waals surface area contributed by atoms with E-state index in [1.165, 1.54) is 12.1 Å². The minimum atomic E-state index is -0.259. The quantitative estimate of drug-likeness (QED) is 0.413. The average Bonchev–Trinajstić information content (AvgIpc) is 2.68. The summed E-state index contributed by atoms with van der Waals surface area (Å²) in [5, 5.41) is 0. The van der Waals surface area contributed by atoms with Crippen molar-refractivity contribution in [1.29, 1.82) is 0 Å². The lowest BCUT2D eigenvalue weighted by atomic mass is 10.2. The van der Waals surface area contributed by atoms with Crippen molar-refractivity contribution in [2.45, 2.75) is 13.5 Å². The van der Waals surface area contributed by atoms with Gasteiger partial charge in [0, 0.05) is 16.3 Å². The first-order chi connectivity index (χ1) is 13.1. The average molecular weight is 428 g/mol. The summed E-state index contributed by atoms with van der Waals surface area (Å²) in [6.07, 6.45) is 1.76. The second kappa shape index (κ2) is 9.33. The Kier molecular flexibility index (Phi) is 6.60. The van der Waals surface area contributed by atoms with E-state index in [2.05, 4.69) is 20.9 Å². The molecule has 0 radical (unpaired) electrons. The van der Waals surface area contributed by atoms with E-state index in [-0.39, 0.29) is 5.82 Å². The molecule has 0 unspecified atom stereocenters. The standard InChI is InChI=1S/C22H19BrFNO2/c1-2-26-21-10-8-20(9-11-21)25-14-17-13-18(23)5-12-22(17)27-15-16-3-6-19(24)7-4-16/h3-14H,2,15H2,1H3. The van der Waals surface area contributed by atoms with Crippen LogP contribution < -0.4 is 9.47 Å². The molecule has 0 saturated heterocycles. The van der Waals surface area contributed by atoms with Gasteiger partial charge in [-0.1, -0.05) is 28.1 Å². The topological polar surface area (TPSA) is 30.8 Å². The Labute approximate surface area is 166 Å². The molecule has 0 atom stereocenters. The van der Waals surface area contributed by atoms with Crippen molar-refractivity contribution in [2.75, 3.05) is 6.61 Å². The zero-order valence-electron chi connectivity index (χ0n) is 14.9. The molecule has 3 aromatic rings. The third kappa shape index (κ3) is 5.66. The lowest BCUT2D eigenvalue weighted by Gasteiger charge is -2.10. The molecule has 0 N–H and O–H groups in total. The Morgan fingerprint density at radius 2 is 1.70 bits per heavy atom. The predicted molar refractivity (Wildman–Crippen MR) is 110 cm³/mol. The van der Waals surface area contributed by atoms with Crippen LogP contribution in [0.15, 0.2) is 76.2 Å². The third-order valence-corrected chi connectivity index (χ3v) is 4.27. The summed E-state index contributed by atoms with van der Waals surface area (Å²) in [7, 11) is 0. The SMILES string of the molecule is CCOc1ccc(N=Cc2cc(Br)ccc2OCc2ccc(F)cc2)cc1. The highest BCUT2D eigenvalue weighted by molar-refractivity contribution is 9.10. The summed E-state index contributed by atoms with van der Waals surface area (Å²) in [5.74, 6) is 1.27. The molecule has 0 spiro atoms. The molecule has 3 rings (SSSR count). The van der Waals surface area contributed by atoms with Gasteiger partial charge in [-0.3, -0.25) is 4.99 Å². The Morgan fingerprint density at radius 1 is 0.963 bits per heavy atom. The fourth-order valence-electron chi connectivity index (χ4n) is 2.43. The van der Waals surface area contributed by atoms with Gasteiger partial charge in [-0.2, -0.15) is 0 Å². The third-order valence-electron chi connectivity index (χ3n) is 3.78. The number of ether oxygens (including phenoxy) is 2. The number of hydrogen-bond acceptors (Lipinski definition) is 3. The van der Waals surface area contributed by atoms with Crippen molar-refractivity contribution in [3.05, 3.63) is 88.1 Å². The van der Waals surface area contributed by atoms with Gasteiger partial charge in [-0.25, -0.2) is 4.39 Å². The van der Waals surface area contributed by atoms with Gasteiger partial charge in [0.15, 0.2) is 0 Å². The van der Waals surface area contributed by atoms with Gasteiger partial charge in [-0.15, -0.1) is 0 Å². The van der Waals surface area contributed by atoms with Crippen LogP contribution in [0.3, 0.4) is 0 Å². The molecule has 0 aliphatic carbocycles. The molecule has 0 bridgehead atoms. The first-order valence-electron chi connectivity index (χ1n) is 8.58. The summed E-state index contributed by atoms with van der Waals surface area (Å²) in [6.45, 7) is 2.94. The van der Waals surface area contributed by atoms with Crippen molar-refractivity contribution in [2.24, 2.45) is 4.99 Å². The molecule has 0 saturated carbocycles. The second-order valence-electron chi connectivity index (χ2n) is 5.78. The van der Waals surface area contributed by atoms with Gasteiger partial charge in [0.25, 0.3) is 0 Å². The summed E-state index contributed by atoms with van der Waals surface area (Å²) >= 11 is 3.48. The Balaban J connectivity index is 1.74. The van der Waals surface area contributed by atoms with Crippen molar-refractivity contribution in [1.82, 2.24) is 0 Å². The molecular weight excluding hydrogens is 409 g/mol. The van der Waals surface area contributed by atoms with E-state index in [0.717, 1.165) is 27.0 Å². The molecule has 0 aromatic heterocycles. The highest BCUT2D eigenvalue weighted by atomic mass is 79.9. The number of hydrogen-bond donors (Lipinski definition) is 0. The lowest BCUT2D eigenvalue weighted by molar-refractivity contribution is 0.305. The van der Waals surface area contributed by atoms with Crippen LogP contribution in [0.1, 0.15) is 18.1 Å². The fourth-order valence-corrected chi connectivity index (χ4v) is 2.81. The minimum Gasteiger partial charge on any atom is -0.494 e. The first kappa shape index (κ1) is 19.1. The molecule has 5 heteroatoms. The Bertz CT molecular complexity index is 909. The molecular formula is C22H19BrFNO2. The smallest absolute Gasteiger partial charge is 0.128 e. The summed E-state index contributed by atoms with van der Waals surface area (Å²) < 4.78 is 25.3. The van der Waals surface area contributed by atoms with Crippen LogP contribution in [0, 0.1) is 5.82 Å². The molecule has 0 aliphatic rings. The molecule has 0 amide bonds. The van der Waals surface area contributed by atoms with E-state index in [1.807, 2.05) is 49.4 Å². The van der Waals surface area contributed by atoms with Crippen LogP contribution in [-0.4, -0.2) is 12.8 Å². The molecule has 0 heterocycles. The number of nitrogens with zero attached hydrogens (tertiary/aromatic N) is 1. The van der Waals surface area contributed by atoms with Gasteiger partial charge in [0.05, 0.1) is 12.3 Å². The lowest BCUT2D eigenvalue weighted by Crippen LogP contribution is -1.98. The maximum atomic E-state index is 13.0. The van der Waals surface area contributed by atoms with E-state index in [1.54, 1.807) is 18.3 Å². The fraction of sp³-hybridized carbons (Fsp3) is 0.136. The van der Waals surface area contributed by atoms with Gasteiger partial charge in [-0.05, 0) is 67.1 Å². The molecule has 0 aliphatic heterocycles. The van der Waals surface area contributed by atoms with E-state index in [0.29, 0.717) is 19.0 Å². The summed E-state index contributed by atoms with van der Waals surface area (Å²) in [5.41, 5.74) is 2.57. The van der Waals surface area contributed by atoms with Crippen molar-refractivity contribution in [3.63, 3.8) is 0 Å². The van der Waals surface area contributed by atoms with E-state index < -0.39 is 0 Å².